The molecule has 0 aliphatic carbocycles. The molecule has 1 aromatic carbocycles. The number of benzene rings is 1. The van der Waals surface area contributed by atoms with E-state index in [0.29, 0.717) is 6.42 Å². The van der Waals surface area contributed by atoms with Crippen LogP contribution in [0.5, 0.6) is 0 Å². The smallest absolute Gasteiger partial charge is 0.228 e. The lowest BCUT2D eigenvalue weighted by atomic mass is 9.84. The summed E-state index contributed by atoms with van der Waals surface area (Å²) in [6.07, 6.45) is 0.626. The maximum atomic E-state index is 13.6. The summed E-state index contributed by atoms with van der Waals surface area (Å²) in [4.78, 5) is 12.1. The fourth-order valence-corrected chi connectivity index (χ4v) is 2.08. The normalized spacial score (nSPS) is 13.2. The van der Waals surface area contributed by atoms with Crippen molar-refractivity contribution in [3.05, 3.63) is 29.0 Å². The number of halogens is 2. The zero-order valence-electron chi connectivity index (χ0n) is 11.5. The van der Waals surface area contributed by atoms with Gasteiger partial charge in [0.1, 0.15) is 5.82 Å². The molecule has 0 saturated heterocycles. The summed E-state index contributed by atoms with van der Waals surface area (Å²) in [5.74, 6) is -1.22. The molecule has 0 heterocycles. The quantitative estimate of drug-likeness (QED) is 0.891. The van der Waals surface area contributed by atoms with Crippen LogP contribution >= 0.6 is 11.6 Å². The lowest BCUT2D eigenvalue weighted by Crippen LogP contribution is -2.32. The molecule has 0 aliphatic rings. The Labute approximate surface area is 118 Å². The molecule has 106 valence electrons. The molecule has 0 saturated carbocycles. The summed E-state index contributed by atoms with van der Waals surface area (Å²) >= 11 is 5.87. The standard InChI is InChI=1S/C14H20ClFN2O/c1-14(2,3)7-9(8-17)13(19)18-12-10(15)5-4-6-11(12)16/h4-6,9H,7-8,17H2,1-3H3,(H,18,19). The monoisotopic (exact) mass is 286 g/mol. The molecular weight excluding hydrogens is 267 g/mol. The fourth-order valence-electron chi connectivity index (χ4n) is 1.86. The molecule has 1 rings (SSSR count). The summed E-state index contributed by atoms with van der Waals surface area (Å²) in [6, 6.07) is 4.27. The van der Waals surface area contributed by atoms with Gasteiger partial charge in [-0.1, -0.05) is 38.4 Å². The molecule has 0 fully saturated rings. The molecule has 1 aromatic rings. The van der Waals surface area contributed by atoms with E-state index >= 15 is 0 Å². The number of anilines is 1. The van der Waals surface area contributed by atoms with Crippen LogP contribution in [0, 0.1) is 17.2 Å². The van der Waals surface area contributed by atoms with Gasteiger partial charge in [-0.3, -0.25) is 4.79 Å². The Morgan fingerprint density at radius 2 is 2.11 bits per heavy atom. The second kappa shape index (κ2) is 6.35. The molecule has 0 radical (unpaired) electrons. The van der Waals surface area contributed by atoms with E-state index in [1.54, 1.807) is 0 Å². The topological polar surface area (TPSA) is 55.1 Å². The van der Waals surface area contributed by atoms with Crippen LogP contribution in [0.25, 0.3) is 0 Å². The van der Waals surface area contributed by atoms with Crippen LogP contribution in [-0.2, 0) is 4.79 Å². The third kappa shape index (κ3) is 4.80. The molecule has 19 heavy (non-hydrogen) atoms. The van der Waals surface area contributed by atoms with Gasteiger partial charge in [0, 0.05) is 6.54 Å². The van der Waals surface area contributed by atoms with E-state index in [0.717, 1.165) is 0 Å². The van der Waals surface area contributed by atoms with E-state index in [4.69, 9.17) is 17.3 Å². The number of nitrogens with one attached hydrogen (secondary N) is 1. The molecule has 0 bridgehead atoms. The number of carbonyl (C=O) groups is 1. The van der Waals surface area contributed by atoms with Gasteiger partial charge in [0.25, 0.3) is 0 Å². The summed E-state index contributed by atoms with van der Waals surface area (Å²) in [7, 11) is 0. The van der Waals surface area contributed by atoms with Crippen molar-refractivity contribution in [3.8, 4) is 0 Å². The lowest BCUT2D eigenvalue weighted by molar-refractivity contribution is -0.120. The first-order valence-electron chi connectivity index (χ1n) is 6.19. The third-order valence-corrected chi connectivity index (χ3v) is 3.04. The highest BCUT2D eigenvalue weighted by Crippen LogP contribution is 2.28. The second-order valence-electron chi connectivity index (χ2n) is 5.78. The van der Waals surface area contributed by atoms with E-state index in [1.165, 1.54) is 18.2 Å². The van der Waals surface area contributed by atoms with Crippen molar-refractivity contribution in [2.75, 3.05) is 11.9 Å². The molecule has 1 amide bonds. The third-order valence-electron chi connectivity index (χ3n) is 2.73. The highest BCUT2D eigenvalue weighted by molar-refractivity contribution is 6.33. The molecule has 3 nitrogen and oxygen atoms in total. The Hall–Kier alpha value is -1.13. The summed E-state index contributed by atoms with van der Waals surface area (Å²) < 4.78 is 13.6. The Bertz CT molecular complexity index is 437. The van der Waals surface area contributed by atoms with Crippen LogP contribution in [0.3, 0.4) is 0 Å². The lowest BCUT2D eigenvalue weighted by Gasteiger charge is -2.24. The van der Waals surface area contributed by atoms with Crippen LogP contribution < -0.4 is 11.1 Å². The van der Waals surface area contributed by atoms with Crippen LogP contribution in [0.4, 0.5) is 10.1 Å². The van der Waals surface area contributed by atoms with Gasteiger partial charge >= 0.3 is 0 Å². The Morgan fingerprint density at radius 1 is 1.47 bits per heavy atom. The molecule has 3 N–H and O–H groups in total. The molecule has 0 aromatic heterocycles. The zero-order chi connectivity index (χ0) is 14.6. The average molecular weight is 287 g/mol. The Kier molecular flexibility index (Phi) is 5.32. The van der Waals surface area contributed by atoms with Gasteiger partial charge in [-0.15, -0.1) is 0 Å². The molecule has 1 unspecified atom stereocenters. The predicted molar refractivity (Wildman–Crippen MR) is 76.7 cm³/mol. The summed E-state index contributed by atoms with van der Waals surface area (Å²) in [6.45, 7) is 6.30. The SMILES string of the molecule is CC(C)(C)CC(CN)C(=O)Nc1c(F)cccc1Cl. The van der Waals surface area contributed by atoms with Crippen molar-refractivity contribution >= 4 is 23.2 Å². The first kappa shape index (κ1) is 15.9. The first-order chi connectivity index (χ1) is 8.74. The van der Waals surface area contributed by atoms with E-state index in [-0.39, 0.29) is 34.5 Å². The Balaban J connectivity index is 2.83. The number of amides is 1. The van der Waals surface area contributed by atoms with Crippen LogP contribution in [0.1, 0.15) is 27.2 Å². The average Bonchev–Trinajstić information content (AvgIpc) is 2.29. The highest BCUT2D eigenvalue weighted by Gasteiger charge is 2.24. The number of hydrogen-bond donors (Lipinski definition) is 2. The van der Waals surface area contributed by atoms with Gasteiger partial charge in [0.2, 0.25) is 5.91 Å². The number of nitrogens with two attached hydrogens (primary N) is 1. The minimum atomic E-state index is -0.549. The van der Waals surface area contributed by atoms with Crippen molar-refractivity contribution in [1.29, 1.82) is 0 Å². The van der Waals surface area contributed by atoms with Crippen molar-refractivity contribution in [2.45, 2.75) is 27.2 Å². The fraction of sp³-hybridized carbons (Fsp3) is 0.500. The first-order valence-corrected chi connectivity index (χ1v) is 6.57. The van der Waals surface area contributed by atoms with Crippen LogP contribution in [-0.4, -0.2) is 12.5 Å². The molecule has 1 atom stereocenters. The second-order valence-corrected chi connectivity index (χ2v) is 6.19. The number of rotatable bonds is 4. The summed E-state index contributed by atoms with van der Waals surface area (Å²) in [5, 5.41) is 2.71. The van der Waals surface area contributed by atoms with Crippen molar-refractivity contribution in [1.82, 2.24) is 0 Å². The minimum absolute atomic E-state index is 0.0153. The predicted octanol–water partition coefficient (Wildman–Crippen LogP) is 3.43. The van der Waals surface area contributed by atoms with E-state index in [2.05, 4.69) is 5.32 Å². The van der Waals surface area contributed by atoms with Crippen molar-refractivity contribution in [2.24, 2.45) is 17.1 Å². The van der Waals surface area contributed by atoms with Crippen LogP contribution in [0.2, 0.25) is 5.02 Å². The van der Waals surface area contributed by atoms with Gasteiger partial charge < -0.3 is 11.1 Å². The summed E-state index contributed by atoms with van der Waals surface area (Å²) in [5.41, 5.74) is 5.61. The largest absolute Gasteiger partial charge is 0.330 e. The molecule has 0 aliphatic heterocycles. The van der Waals surface area contributed by atoms with Gasteiger partial charge in [-0.25, -0.2) is 4.39 Å². The van der Waals surface area contributed by atoms with Gasteiger partial charge in [0.05, 0.1) is 16.6 Å². The molecule has 0 spiro atoms. The van der Waals surface area contributed by atoms with Crippen LogP contribution in [0.15, 0.2) is 18.2 Å². The van der Waals surface area contributed by atoms with Crippen molar-refractivity contribution < 1.29 is 9.18 Å². The van der Waals surface area contributed by atoms with E-state index in [1.807, 2.05) is 20.8 Å². The van der Waals surface area contributed by atoms with Crippen molar-refractivity contribution in [3.63, 3.8) is 0 Å². The highest BCUT2D eigenvalue weighted by atomic mass is 35.5. The van der Waals surface area contributed by atoms with Gasteiger partial charge in [0.15, 0.2) is 0 Å². The number of hydrogen-bond acceptors (Lipinski definition) is 2. The van der Waals surface area contributed by atoms with E-state index < -0.39 is 5.82 Å². The molecule has 5 heteroatoms. The maximum absolute atomic E-state index is 13.6. The van der Waals surface area contributed by atoms with Gasteiger partial charge in [-0.05, 0) is 24.0 Å². The molecular formula is C14H20ClFN2O. The zero-order valence-corrected chi connectivity index (χ0v) is 12.2. The minimum Gasteiger partial charge on any atom is -0.330 e. The maximum Gasteiger partial charge on any atom is 0.228 e. The van der Waals surface area contributed by atoms with Gasteiger partial charge in [-0.2, -0.15) is 0 Å². The van der Waals surface area contributed by atoms with E-state index in [9.17, 15) is 9.18 Å². The number of para-hydroxylation sites is 1. The Morgan fingerprint density at radius 3 is 2.58 bits per heavy atom. The number of carbonyl (C=O) groups excluding carboxylic acids is 1.